The summed E-state index contributed by atoms with van der Waals surface area (Å²) >= 11 is 3.63. The zero-order chi connectivity index (χ0) is 10.4. The van der Waals surface area contributed by atoms with Gasteiger partial charge in [-0.15, -0.1) is 0 Å². The van der Waals surface area contributed by atoms with Crippen LogP contribution >= 0.6 is 15.9 Å². The van der Waals surface area contributed by atoms with E-state index in [1.54, 1.807) is 0 Å². The number of likely N-dealkylation sites (tertiary alicyclic amines) is 1. The fourth-order valence-corrected chi connectivity index (χ4v) is 2.97. The van der Waals surface area contributed by atoms with Crippen LogP contribution in [0.2, 0.25) is 0 Å². The van der Waals surface area contributed by atoms with E-state index in [4.69, 9.17) is 0 Å². The van der Waals surface area contributed by atoms with Gasteiger partial charge in [-0.05, 0) is 37.6 Å². The summed E-state index contributed by atoms with van der Waals surface area (Å²) in [6, 6.07) is 0. The second-order valence-electron chi connectivity index (χ2n) is 4.82. The van der Waals surface area contributed by atoms with Crippen molar-refractivity contribution >= 4 is 15.9 Å². The lowest BCUT2D eigenvalue weighted by Crippen LogP contribution is -2.38. The normalized spacial score (nSPS) is 26.4. The van der Waals surface area contributed by atoms with Crippen molar-refractivity contribution in [1.82, 2.24) is 4.90 Å². The standard InChI is InChI=1S/C12H24BrN/c1-3-5-12(8-13)10-14-7-4-6-11(2)9-14/h11-12H,3-10H2,1-2H3. The van der Waals surface area contributed by atoms with E-state index in [9.17, 15) is 0 Å². The predicted molar refractivity (Wildman–Crippen MR) is 67.0 cm³/mol. The van der Waals surface area contributed by atoms with E-state index in [0.717, 1.165) is 11.8 Å². The van der Waals surface area contributed by atoms with Crippen LogP contribution in [0.25, 0.3) is 0 Å². The third-order valence-electron chi connectivity index (χ3n) is 3.17. The zero-order valence-corrected chi connectivity index (χ0v) is 11.2. The fraction of sp³-hybridized carbons (Fsp3) is 1.00. The van der Waals surface area contributed by atoms with E-state index in [0.29, 0.717) is 0 Å². The molecule has 1 nitrogen and oxygen atoms in total. The molecule has 1 aliphatic rings. The minimum absolute atomic E-state index is 0.866. The molecule has 0 aromatic rings. The van der Waals surface area contributed by atoms with Gasteiger partial charge in [0.25, 0.3) is 0 Å². The van der Waals surface area contributed by atoms with Gasteiger partial charge in [0, 0.05) is 18.4 Å². The van der Waals surface area contributed by atoms with Gasteiger partial charge in [0.15, 0.2) is 0 Å². The van der Waals surface area contributed by atoms with E-state index in [2.05, 4.69) is 34.7 Å². The highest BCUT2D eigenvalue weighted by molar-refractivity contribution is 9.09. The van der Waals surface area contributed by atoms with E-state index >= 15 is 0 Å². The predicted octanol–water partition coefficient (Wildman–Crippen LogP) is 3.53. The summed E-state index contributed by atoms with van der Waals surface area (Å²) in [5, 5.41) is 1.17. The lowest BCUT2D eigenvalue weighted by Gasteiger charge is -2.33. The Balaban J connectivity index is 2.26. The maximum Gasteiger partial charge on any atom is 0.00718 e. The van der Waals surface area contributed by atoms with Crippen molar-refractivity contribution < 1.29 is 0 Å². The molecule has 1 fully saturated rings. The molecule has 0 N–H and O–H groups in total. The molecule has 2 atom stereocenters. The highest BCUT2D eigenvalue weighted by Gasteiger charge is 2.18. The molecule has 0 spiro atoms. The van der Waals surface area contributed by atoms with Crippen molar-refractivity contribution in [2.45, 2.75) is 39.5 Å². The third-order valence-corrected chi connectivity index (χ3v) is 4.09. The molecule has 2 unspecified atom stereocenters. The Morgan fingerprint density at radius 3 is 2.86 bits per heavy atom. The van der Waals surface area contributed by atoms with Crippen LogP contribution in [0.3, 0.4) is 0 Å². The van der Waals surface area contributed by atoms with Gasteiger partial charge in [0.1, 0.15) is 0 Å². The number of piperidine rings is 1. The summed E-state index contributed by atoms with van der Waals surface area (Å²) in [5.41, 5.74) is 0. The first-order chi connectivity index (χ1) is 6.76. The Hall–Kier alpha value is 0.440. The first-order valence-electron chi connectivity index (χ1n) is 6.04. The molecule has 2 heteroatoms. The van der Waals surface area contributed by atoms with Gasteiger partial charge in [-0.25, -0.2) is 0 Å². The van der Waals surface area contributed by atoms with Crippen LogP contribution in [0.15, 0.2) is 0 Å². The minimum atomic E-state index is 0.866. The van der Waals surface area contributed by atoms with Crippen molar-refractivity contribution in [1.29, 1.82) is 0 Å². The molecule has 1 rings (SSSR count). The Morgan fingerprint density at radius 1 is 1.50 bits per heavy atom. The monoisotopic (exact) mass is 261 g/mol. The van der Waals surface area contributed by atoms with Crippen molar-refractivity contribution in [3.63, 3.8) is 0 Å². The van der Waals surface area contributed by atoms with Crippen LogP contribution in [0.4, 0.5) is 0 Å². The van der Waals surface area contributed by atoms with E-state index in [1.165, 1.54) is 50.6 Å². The Morgan fingerprint density at radius 2 is 2.29 bits per heavy atom. The van der Waals surface area contributed by atoms with Crippen LogP contribution in [0.1, 0.15) is 39.5 Å². The second kappa shape index (κ2) is 6.84. The highest BCUT2D eigenvalue weighted by atomic mass is 79.9. The number of hydrogen-bond acceptors (Lipinski definition) is 1. The molecule has 1 aliphatic heterocycles. The Labute approximate surface area is 97.4 Å². The Kier molecular flexibility index (Phi) is 6.11. The topological polar surface area (TPSA) is 3.24 Å². The number of nitrogens with zero attached hydrogens (tertiary/aromatic N) is 1. The molecule has 0 aliphatic carbocycles. The lowest BCUT2D eigenvalue weighted by molar-refractivity contribution is 0.161. The zero-order valence-electron chi connectivity index (χ0n) is 9.64. The SMILES string of the molecule is CCCC(CBr)CN1CCCC(C)C1. The summed E-state index contributed by atoms with van der Waals surface area (Å²) in [6.07, 6.45) is 5.53. The quantitative estimate of drug-likeness (QED) is 0.685. The molecule has 0 saturated carbocycles. The number of hydrogen-bond donors (Lipinski definition) is 0. The molecule has 84 valence electrons. The van der Waals surface area contributed by atoms with Crippen molar-refractivity contribution in [2.24, 2.45) is 11.8 Å². The molecule has 1 heterocycles. The van der Waals surface area contributed by atoms with Gasteiger partial charge < -0.3 is 4.90 Å². The van der Waals surface area contributed by atoms with Gasteiger partial charge in [0.05, 0.1) is 0 Å². The van der Waals surface area contributed by atoms with E-state index in [1.807, 2.05) is 0 Å². The summed E-state index contributed by atoms with van der Waals surface area (Å²) in [4.78, 5) is 2.66. The van der Waals surface area contributed by atoms with Crippen molar-refractivity contribution in [3.05, 3.63) is 0 Å². The van der Waals surface area contributed by atoms with Crippen molar-refractivity contribution in [3.8, 4) is 0 Å². The van der Waals surface area contributed by atoms with Crippen LogP contribution < -0.4 is 0 Å². The summed E-state index contributed by atoms with van der Waals surface area (Å²) < 4.78 is 0. The molecule has 0 bridgehead atoms. The molecule has 1 saturated heterocycles. The van der Waals surface area contributed by atoms with Crippen LogP contribution in [-0.4, -0.2) is 29.9 Å². The lowest BCUT2D eigenvalue weighted by atomic mass is 9.98. The van der Waals surface area contributed by atoms with Crippen LogP contribution in [0.5, 0.6) is 0 Å². The Bertz CT molecular complexity index is 149. The fourth-order valence-electron chi connectivity index (χ4n) is 2.44. The first kappa shape index (κ1) is 12.5. The summed E-state index contributed by atoms with van der Waals surface area (Å²) in [7, 11) is 0. The van der Waals surface area contributed by atoms with Gasteiger partial charge in [-0.3, -0.25) is 0 Å². The summed E-state index contributed by atoms with van der Waals surface area (Å²) in [5.74, 6) is 1.78. The molecule has 0 aromatic heterocycles. The molecular formula is C12H24BrN. The molecule has 0 aromatic carbocycles. The summed E-state index contributed by atoms with van der Waals surface area (Å²) in [6.45, 7) is 8.64. The van der Waals surface area contributed by atoms with Gasteiger partial charge in [-0.2, -0.15) is 0 Å². The third kappa shape index (κ3) is 4.31. The first-order valence-corrected chi connectivity index (χ1v) is 7.16. The van der Waals surface area contributed by atoms with Crippen LogP contribution in [0, 0.1) is 11.8 Å². The van der Waals surface area contributed by atoms with Crippen LogP contribution in [-0.2, 0) is 0 Å². The second-order valence-corrected chi connectivity index (χ2v) is 5.46. The number of alkyl halides is 1. The maximum absolute atomic E-state index is 3.63. The van der Waals surface area contributed by atoms with Crippen molar-refractivity contribution in [2.75, 3.05) is 25.0 Å². The van der Waals surface area contributed by atoms with E-state index in [-0.39, 0.29) is 0 Å². The average Bonchev–Trinajstić information content (AvgIpc) is 2.17. The number of rotatable bonds is 5. The van der Waals surface area contributed by atoms with E-state index < -0.39 is 0 Å². The molecule has 0 radical (unpaired) electrons. The molecular weight excluding hydrogens is 238 g/mol. The maximum atomic E-state index is 3.63. The largest absolute Gasteiger partial charge is 0.303 e. The molecule has 14 heavy (non-hydrogen) atoms. The molecule has 0 amide bonds. The number of halogens is 1. The van der Waals surface area contributed by atoms with Gasteiger partial charge >= 0.3 is 0 Å². The highest BCUT2D eigenvalue weighted by Crippen LogP contribution is 2.19. The van der Waals surface area contributed by atoms with Gasteiger partial charge in [-0.1, -0.05) is 36.2 Å². The minimum Gasteiger partial charge on any atom is -0.303 e. The average molecular weight is 262 g/mol. The smallest absolute Gasteiger partial charge is 0.00718 e. The van der Waals surface area contributed by atoms with Gasteiger partial charge in [0.2, 0.25) is 0 Å².